The molecule has 3 nitrogen and oxygen atoms in total. The summed E-state index contributed by atoms with van der Waals surface area (Å²) < 4.78 is 5.34. The Kier molecular flexibility index (Phi) is 2.43. The summed E-state index contributed by atoms with van der Waals surface area (Å²) in [5.74, 6) is 0.00716. The Balaban J connectivity index is 2.09. The van der Waals surface area contributed by atoms with Crippen LogP contribution in [-0.2, 0) is 14.3 Å². The van der Waals surface area contributed by atoms with Gasteiger partial charge in [0.2, 0.25) is 0 Å². The lowest BCUT2D eigenvalue weighted by Gasteiger charge is -2.13. The van der Waals surface area contributed by atoms with Gasteiger partial charge < -0.3 is 4.74 Å². The minimum Gasteiger partial charge on any atom is -0.495 e. The number of ketones is 2. The molecule has 0 aromatic heterocycles. The quantitative estimate of drug-likeness (QED) is 0.464. The Morgan fingerprint density at radius 3 is 2.05 bits per heavy atom. The van der Waals surface area contributed by atoms with Crippen molar-refractivity contribution in [2.45, 2.75) is 13.8 Å². The third kappa shape index (κ3) is 1.51. The second-order valence-electron chi connectivity index (χ2n) is 5.78. The van der Waals surface area contributed by atoms with Gasteiger partial charge in [-0.2, -0.15) is 0 Å². The average Bonchev–Trinajstić information content (AvgIpc) is 2.86. The molecule has 2 aliphatic carbocycles. The first-order chi connectivity index (χ1) is 9.00. The Bertz CT molecular complexity index is 570. The van der Waals surface area contributed by atoms with Crippen molar-refractivity contribution in [1.82, 2.24) is 0 Å². The van der Waals surface area contributed by atoms with Crippen molar-refractivity contribution in [2.75, 3.05) is 7.11 Å². The highest BCUT2D eigenvalue weighted by molar-refractivity contribution is 6.34. The lowest BCUT2D eigenvalue weighted by Crippen LogP contribution is -2.17. The van der Waals surface area contributed by atoms with Crippen LogP contribution in [-0.4, -0.2) is 18.7 Å². The lowest BCUT2D eigenvalue weighted by molar-refractivity contribution is -0.120. The molecule has 0 heterocycles. The van der Waals surface area contributed by atoms with Crippen LogP contribution in [0.5, 0.6) is 0 Å². The number of carbonyl (C=O) groups is 2. The zero-order valence-corrected chi connectivity index (χ0v) is 11.3. The van der Waals surface area contributed by atoms with Gasteiger partial charge >= 0.3 is 0 Å². The third-order valence-electron chi connectivity index (χ3n) is 4.35. The second-order valence-corrected chi connectivity index (χ2v) is 5.78. The molecule has 98 valence electrons. The van der Waals surface area contributed by atoms with E-state index in [-0.39, 0.29) is 34.4 Å². The number of rotatable bonds is 2. The summed E-state index contributed by atoms with van der Waals surface area (Å²) in [4.78, 5) is 24.8. The third-order valence-corrected chi connectivity index (χ3v) is 4.35. The van der Waals surface area contributed by atoms with Gasteiger partial charge in [-0.25, -0.2) is 0 Å². The number of hydrogen-bond donors (Lipinski definition) is 0. The summed E-state index contributed by atoms with van der Waals surface area (Å²) in [6, 6.07) is 9.32. The van der Waals surface area contributed by atoms with E-state index in [4.69, 9.17) is 4.74 Å². The number of ether oxygens (including phenoxy) is 1. The molecular weight excluding hydrogens is 240 g/mol. The molecule has 0 saturated heterocycles. The lowest BCUT2D eigenvalue weighted by atomic mass is 9.93. The highest BCUT2D eigenvalue weighted by Crippen LogP contribution is 2.65. The molecule has 2 fully saturated rings. The van der Waals surface area contributed by atoms with E-state index in [2.05, 4.69) is 0 Å². The number of hydrogen-bond acceptors (Lipinski definition) is 3. The van der Waals surface area contributed by atoms with Gasteiger partial charge in [-0.15, -0.1) is 0 Å². The number of fused-ring (bicyclic) bond motifs is 1. The summed E-state index contributed by atoms with van der Waals surface area (Å²) in [5.41, 5.74) is 0.858. The highest BCUT2D eigenvalue weighted by Gasteiger charge is 2.71. The maximum atomic E-state index is 12.4. The van der Waals surface area contributed by atoms with E-state index < -0.39 is 0 Å². The van der Waals surface area contributed by atoms with Crippen LogP contribution in [0, 0.1) is 17.3 Å². The van der Waals surface area contributed by atoms with E-state index in [0.29, 0.717) is 5.76 Å². The predicted molar refractivity (Wildman–Crippen MR) is 71.1 cm³/mol. The molecule has 2 saturated carbocycles. The minimum atomic E-state index is -0.173. The first kappa shape index (κ1) is 12.2. The standard InChI is InChI=1S/C16H16O3/c1-16(2)11-12(16)14(18)10(13(11)17)15(19-3)9-7-5-4-6-8-9/h4-8,11-12H,1-3H3. The van der Waals surface area contributed by atoms with E-state index in [1.54, 1.807) is 0 Å². The number of benzene rings is 1. The monoisotopic (exact) mass is 256 g/mol. The molecule has 2 aliphatic rings. The van der Waals surface area contributed by atoms with Crippen LogP contribution < -0.4 is 0 Å². The van der Waals surface area contributed by atoms with Crippen LogP contribution in [0.3, 0.4) is 0 Å². The SMILES string of the molecule is COC(=C1C(=O)C2C(C1=O)C2(C)C)c1ccccc1. The zero-order chi connectivity index (χ0) is 13.8. The number of allylic oxidation sites excluding steroid dienone is 1. The molecule has 0 N–H and O–H groups in total. The normalized spacial score (nSPS) is 27.2. The summed E-state index contributed by atoms with van der Waals surface area (Å²) in [5, 5.41) is 0. The first-order valence-electron chi connectivity index (χ1n) is 6.42. The fourth-order valence-corrected chi connectivity index (χ4v) is 3.23. The largest absolute Gasteiger partial charge is 0.495 e. The maximum absolute atomic E-state index is 12.4. The Hall–Kier alpha value is -1.90. The second kappa shape index (κ2) is 3.80. The van der Waals surface area contributed by atoms with Gasteiger partial charge in [-0.3, -0.25) is 9.59 Å². The highest BCUT2D eigenvalue weighted by atomic mass is 16.5. The Labute approximate surface area is 112 Å². The van der Waals surface area contributed by atoms with Gasteiger partial charge in [-0.1, -0.05) is 44.2 Å². The first-order valence-corrected chi connectivity index (χ1v) is 6.42. The molecule has 0 spiro atoms. The zero-order valence-electron chi connectivity index (χ0n) is 11.3. The fourth-order valence-electron chi connectivity index (χ4n) is 3.23. The van der Waals surface area contributed by atoms with Gasteiger partial charge in [0.05, 0.1) is 7.11 Å². The molecule has 1 aromatic carbocycles. The summed E-state index contributed by atoms with van der Waals surface area (Å²) in [6.07, 6.45) is 0. The van der Waals surface area contributed by atoms with E-state index in [1.165, 1.54) is 7.11 Å². The van der Waals surface area contributed by atoms with Gasteiger partial charge in [0.15, 0.2) is 11.6 Å². The average molecular weight is 256 g/mol. The number of methoxy groups -OCH3 is 1. The Morgan fingerprint density at radius 2 is 1.58 bits per heavy atom. The molecular formula is C16H16O3. The van der Waals surface area contributed by atoms with Crippen molar-refractivity contribution in [3.05, 3.63) is 41.5 Å². The molecule has 3 rings (SSSR count). The van der Waals surface area contributed by atoms with Crippen LogP contribution in [0.2, 0.25) is 0 Å². The van der Waals surface area contributed by atoms with Crippen LogP contribution in [0.4, 0.5) is 0 Å². The topological polar surface area (TPSA) is 43.4 Å². The molecule has 2 unspecified atom stereocenters. The van der Waals surface area contributed by atoms with Crippen molar-refractivity contribution >= 4 is 17.3 Å². The molecule has 3 heteroatoms. The molecule has 0 amide bonds. The molecule has 0 aliphatic heterocycles. The molecule has 2 atom stereocenters. The van der Waals surface area contributed by atoms with Crippen LogP contribution in [0.15, 0.2) is 35.9 Å². The van der Waals surface area contributed by atoms with Gasteiger partial charge in [-0.05, 0) is 5.41 Å². The Morgan fingerprint density at radius 1 is 1.05 bits per heavy atom. The van der Waals surface area contributed by atoms with Gasteiger partial charge in [0.1, 0.15) is 11.3 Å². The van der Waals surface area contributed by atoms with Crippen LogP contribution >= 0.6 is 0 Å². The molecule has 0 bridgehead atoms. The maximum Gasteiger partial charge on any atom is 0.174 e. The smallest absolute Gasteiger partial charge is 0.174 e. The van der Waals surface area contributed by atoms with E-state index in [9.17, 15) is 9.59 Å². The van der Waals surface area contributed by atoms with Crippen molar-refractivity contribution in [3.8, 4) is 0 Å². The summed E-state index contributed by atoms with van der Waals surface area (Å²) in [7, 11) is 1.50. The fraction of sp³-hybridized carbons (Fsp3) is 0.375. The van der Waals surface area contributed by atoms with Gasteiger partial charge in [0, 0.05) is 17.4 Å². The van der Waals surface area contributed by atoms with Crippen molar-refractivity contribution in [3.63, 3.8) is 0 Å². The molecule has 19 heavy (non-hydrogen) atoms. The van der Waals surface area contributed by atoms with Crippen molar-refractivity contribution in [1.29, 1.82) is 0 Å². The minimum absolute atomic E-state index is 0.0549. The predicted octanol–water partition coefficient (Wildman–Crippen LogP) is 2.47. The van der Waals surface area contributed by atoms with Crippen molar-refractivity contribution in [2.24, 2.45) is 17.3 Å². The van der Waals surface area contributed by atoms with Crippen LogP contribution in [0.25, 0.3) is 5.76 Å². The number of Topliss-reactive ketones (excluding diaryl/α,β-unsaturated/α-hetero) is 2. The van der Waals surface area contributed by atoms with Crippen molar-refractivity contribution < 1.29 is 14.3 Å². The number of carbonyl (C=O) groups excluding carboxylic acids is 2. The van der Waals surface area contributed by atoms with E-state index in [0.717, 1.165) is 5.56 Å². The van der Waals surface area contributed by atoms with Crippen LogP contribution in [0.1, 0.15) is 19.4 Å². The summed E-state index contributed by atoms with van der Waals surface area (Å²) >= 11 is 0. The van der Waals surface area contributed by atoms with Gasteiger partial charge in [0.25, 0.3) is 0 Å². The summed E-state index contributed by atoms with van der Waals surface area (Å²) in [6.45, 7) is 3.95. The molecule has 0 radical (unpaired) electrons. The van der Waals surface area contributed by atoms with E-state index >= 15 is 0 Å². The van der Waals surface area contributed by atoms with E-state index in [1.807, 2.05) is 44.2 Å². The molecule has 1 aromatic rings.